The Morgan fingerprint density at radius 1 is 1.19 bits per heavy atom. The van der Waals surface area contributed by atoms with Crippen LogP contribution in [0.1, 0.15) is 38.1 Å². The van der Waals surface area contributed by atoms with Gasteiger partial charge < -0.3 is 5.32 Å². The molecular formula is C13H21N7S. The van der Waals surface area contributed by atoms with Crippen LogP contribution in [0.3, 0.4) is 0 Å². The minimum atomic E-state index is 0.723. The summed E-state index contributed by atoms with van der Waals surface area (Å²) in [5.74, 6) is 1.77. The Morgan fingerprint density at radius 2 is 2.00 bits per heavy atom. The molecule has 114 valence electrons. The number of hydrogen-bond donors (Lipinski definition) is 1. The van der Waals surface area contributed by atoms with Crippen LogP contribution < -0.4 is 5.32 Å². The molecular weight excluding hydrogens is 286 g/mol. The molecule has 0 aliphatic rings. The van der Waals surface area contributed by atoms with E-state index in [1.807, 2.05) is 14.0 Å². The van der Waals surface area contributed by atoms with E-state index < -0.39 is 0 Å². The molecule has 2 heterocycles. The molecule has 0 aliphatic carbocycles. The number of tetrazole rings is 1. The lowest BCUT2D eigenvalue weighted by molar-refractivity contribution is 0.664. The predicted molar refractivity (Wildman–Crippen MR) is 82.5 cm³/mol. The normalized spacial score (nSPS) is 10.9. The second-order valence-corrected chi connectivity index (χ2v) is 5.74. The Hall–Kier alpha value is -1.70. The average molecular weight is 307 g/mol. The Kier molecular flexibility index (Phi) is 5.49. The van der Waals surface area contributed by atoms with Crippen molar-refractivity contribution in [3.05, 3.63) is 11.4 Å². The Balaban J connectivity index is 2.33. The van der Waals surface area contributed by atoms with Crippen LogP contribution in [0.4, 0.5) is 5.82 Å². The van der Waals surface area contributed by atoms with Crippen LogP contribution >= 0.6 is 11.8 Å². The third kappa shape index (κ3) is 3.90. The third-order valence-corrected chi connectivity index (χ3v) is 4.05. The molecule has 0 radical (unpaired) electrons. The standard InChI is InChI=1S/C13H21N7S/c1-5-7-10-15-11(14-8-6-2)9(3)12(16-10)21-13-17-18-19-20(13)4/h5-8H2,1-4H3,(H,14,15,16). The number of rotatable bonds is 7. The van der Waals surface area contributed by atoms with Gasteiger partial charge in [-0.25, -0.2) is 14.6 Å². The van der Waals surface area contributed by atoms with Gasteiger partial charge in [-0.3, -0.25) is 0 Å². The molecule has 8 heteroatoms. The maximum Gasteiger partial charge on any atom is 0.215 e. The van der Waals surface area contributed by atoms with E-state index in [4.69, 9.17) is 0 Å². The Bertz CT molecular complexity index is 596. The number of hydrogen-bond acceptors (Lipinski definition) is 7. The van der Waals surface area contributed by atoms with Gasteiger partial charge in [0.15, 0.2) is 0 Å². The van der Waals surface area contributed by atoms with Gasteiger partial charge in [0.2, 0.25) is 5.16 Å². The van der Waals surface area contributed by atoms with Gasteiger partial charge in [-0.15, -0.1) is 5.10 Å². The summed E-state index contributed by atoms with van der Waals surface area (Å²) in [5.41, 5.74) is 1.04. The maximum absolute atomic E-state index is 4.65. The fraction of sp³-hybridized carbons (Fsp3) is 0.615. The van der Waals surface area contributed by atoms with Crippen molar-refractivity contribution in [2.75, 3.05) is 11.9 Å². The number of aryl methyl sites for hydroxylation is 2. The van der Waals surface area contributed by atoms with Gasteiger partial charge in [0.05, 0.1) is 0 Å². The van der Waals surface area contributed by atoms with Crippen LogP contribution in [-0.4, -0.2) is 36.7 Å². The molecule has 2 aromatic heterocycles. The fourth-order valence-electron chi connectivity index (χ4n) is 1.78. The van der Waals surface area contributed by atoms with Crippen molar-refractivity contribution in [3.8, 4) is 0 Å². The summed E-state index contributed by atoms with van der Waals surface area (Å²) in [5, 5.41) is 16.5. The third-order valence-electron chi connectivity index (χ3n) is 2.93. The van der Waals surface area contributed by atoms with Crippen molar-refractivity contribution < 1.29 is 0 Å². The highest BCUT2D eigenvalue weighted by molar-refractivity contribution is 7.99. The monoisotopic (exact) mass is 307 g/mol. The van der Waals surface area contributed by atoms with Gasteiger partial charge >= 0.3 is 0 Å². The first kappa shape index (κ1) is 15.7. The highest BCUT2D eigenvalue weighted by Crippen LogP contribution is 2.29. The summed E-state index contributed by atoms with van der Waals surface area (Å²) >= 11 is 1.47. The SMILES string of the molecule is CCCNc1nc(CCC)nc(Sc2nnnn2C)c1C. The van der Waals surface area contributed by atoms with Crippen molar-refractivity contribution in [2.45, 2.75) is 50.2 Å². The lowest BCUT2D eigenvalue weighted by Crippen LogP contribution is -2.09. The number of aromatic nitrogens is 6. The van der Waals surface area contributed by atoms with Crippen molar-refractivity contribution in [2.24, 2.45) is 7.05 Å². The molecule has 0 saturated carbocycles. The summed E-state index contributed by atoms with van der Waals surface area (Å²) in [6.45, 7) is 7.19. The van der Waals surface area contributed by atoms with E-state index in [1.54, 1.807) is 4.68 Å². The number of anilines is 1. The molecule has 0 aliphatic heterocycles. The smallest absolute Gasteiger partial charge is 0.215 e. The lowest BCUT2D eigenvalue weighted by atomic mass is 10.3. The van der Waals surface area contributed by atoms with Crippen molar-refractivity contribution in [3.63, 3.8) is 0 Å². The summed E-state index contributed by atoms with van der Waals surface area (Å²) in [6.07, 6.45) is 2.94. The average Bonchev–Trinajstić information content (AvgIpc) is 2.86. The van der Waals surface area contributed by atoms with Crippen LogP contribution in [0.25, 0.3) is 0 Å². The zero-order valence-electron chi connectivity index (χ0n) is 12.9. The molecule has 0 saturated heterocycles. The van der Waals surface area contributed by atoms with Crippen LogP contribution in [0.15, 0.2) is 10.2 Å². The second kappa shape index (κ2) is 7.35. The van der Waals surface area contributed by atoms with E-state index in [9.17, 15) is 0 Å². The Labute approximate surface area is 129 Å². The lowest BCUT2D eigenvalue weighted by Gasteiger charge is -2.12. The van der Waals surface area contributed by atoms with Crippen LogP contribution in [0, 0.1) is 6.92 Å². The molecule has 0 fully saturated rings. The van der Waals surface area contributed by atoms with Gasteiger partial charge in [-0.05, 0) is 42.0 Å². The van der Waals surface area contributed by atoms with Crippen molar-refractivity contribution >= 4 is 17.6 Å². The van der Waals surface area contributed by atoms with E-state index in [2.05, 4.69) is 44.7 Å². The molecule has 0 amide bonds. The first-order valence-electron chi connectivity index (χ1n) is 7.17. The van der Waals surface area contributed by atoms with Crippen LogP contribution in [-0.2, 0) is 13.5 Å². The molecule has 0 atom stereocenters. The topological polar surface area (TPSA) is 81.4 Å². The van der Waals surface area contributed by atoms with Gasteiger partial charge in [-0.2, -0.15) is 0 Å². The van der Waals surface area contributed by atoms with Gasteiger partial charge in [0.1, 0.15) is 16.7 Å². The van der Waals surface area contributed by atoms with E-state index in [-0.39, 0.29) is 0 Å². The zero-order chi connectivity index (χ0) is 15.2. The molecule has 2 rings (SSSR count). The zero-order valence-corrected chi connectivity index (χ0v) is 13.7. The maximum atomic E-state index is 4.65. The minimum Gasteiger partial charge on any atom is -0.370 e. The molecule has 2 aromatic rings. The second-order valence-electron chi connectivity index (χ2n) is 4.78. The van der Waals surface area contributed by atoms with Gasteiger partial charge in [0.25, 0.3) is 0 Å². The van der Waals surface area contributed by atoms with E-state index in [0.29, 0.717) is 0 Å². The highest BCUT2D eigenvalue weighted by atomic mass is 32.2. The minimum absolute atomic E-state index is 0.723. The van der Waals surface area contributed by atoms with Crippen molar-refractivity contribution in [1.29, 1.82) is 0 Å². The molecule has 0 unspecified atom stereocenters. The van der Waals surface area contributed by atoms with E-state index >= 15 is 0 Å². The molecule has 0 spiro atoms. The summed E-state index contributed by atoms with van der Waals surface area (Å²) < 4.78 is 1.64. The van der Waals surface area contributed by atoms with Gasteiger partial charge in [-0.1, -0.05) is 13.8 Å². The fourth-order valence-corrected chi connectivity index (χ4v) is 2.60. The summed E-state index contributed by atoms with van der Waals surface area (Å²) in [6, 6.07) is 0. The first-order chi connectivity index (χ1) is 10.2. The van der Waals surface area contributed by atoms with Gasteiger partial charge in [0, 0.05) is 25.6 Å². The van der Waals surface area contributed by atoms with E-state index in [1.165, 1.54) is 11.8 Å². The Morgan fingerprint density at radius 3 is 2.62 bits per heavy atom. The molecule has 7 nitrogen and oxygen atoms in total. The first-order valence-corrected chi connectivity index (χ1v) is 7.98. The summed E-state index contributed by atoms with van der Waals surface area (Å²) in [4.78, 5) is 9.27. The largest absolute Gasteiger partial charge is 0.370 e. The summed E-state index contributed by atoms with van der Waals surface area (Å²) in [7, 11) is 1.82. The number of nitrogens with zero attached hydrogens (tertiary/aromatic N) is 6. The van der Waals surface area contributed by atoms with Crippen LogP contribution in [0.5, 0.6) is 0 Å². The predicted octanol–water partition coefficient (Wildman–Crippen LogP) is 2.23. The molecule has 0 bridgehead atoms. The quantitative estimate of drug-likeness (QED) is 0.785. The molecule has 1 N–H and O–H groups in total. The highest BCUT2D eigenvalue weighted by Gasteiger charge is 2.14. The molecule has 0 aromatic carbocycles. The number of nitrogens with one attached hydrogen (secondary N) is 1. The van der Waals surface area contributed by atoms with Crippen LogP contribution in [0.2, 0.25) is 0 Å². The van der Waals surface area contributed by atoms with E-state index in [0.717, 1.165) is 53.2 Å². The molecule has 21 heavy (non-hydrogen) atoms. The van der Waals surface area contributed by atoms with Crippen molar-refractivity contribution in [1.82, 2.24) is 30.2 Å².